The molecule has 1 rings (SSSR count). The Hall–Kier alpha value is -1.10. The molecule has 0 aliphatic heterocycles. The zero-order valence-corrected chi connectivity index (χ0v) is 14.6. The summed E-state index contributed by atoms with van der Waals surface area (Å²) in [7, 11) is 0. The summed E-state index contributed by atoms with van der Waals surface area (Å²) in [4.78, 5) is 23.6. The van der Waals surface area contributed by atoms with E-state index in [1.165, 1.54) is 25.7 Å². The number of esters is 1. The van der Waals surface area contributed by atoms with Gasteiger partial charge in [-0.25, -0.2) is 0 Å². The second kappa shape index (κ2) is 11.4. The zero-order chi connectivity index (χ0) is 17.1. The van der Waals surface area contributed by atoms with E-state index in [0.29, 0.717) is 32.5 Å². The van der Waals surface area contributed by atoms with E-state index in [1.807, 2.05) is 6.92 Å². The lowest BCUT2D eigenvalue weighted by molar-refractivity contribution is -0.162. The Morgan fingerprint density at radius 3 is 2.35 bits per heavy atom. The topological polar surface area (TPSA) is 72.8 Å². The fourth-order valence-electron chi connectivity index (χ4n) is 3.24. The zero-order valence-electron chi connectivity index (χ0n) is 14.6. The van der Waals surface area contributed by atoms with Crippen LogP contribution < -0.4 is 0 Å². The average molecular weight is 328 g/mol. The molecule has 1 fully saturated rings. The van der Waals surface area contributed by atoms with E-state index in [1.54, 1.807) is 0 Å². The Morgan fingerprint density at radius 1 is 1.00 bits per heavy atom. The number of carboxylic acid groups (broad SMARTS) is 1. The monoisotopic (exact) mass is 328 g/mol. The number of hydrogen-bond donors (Lipinski definition) is 1. The molecule has 3 unspecified atom stereocenters. The van der Waals surface area contributed by atoms with Gasteiger partial charge in [0.05, 0.1) is 24.5 Å². The number of rotatable bonds is 11. The van der Waals surface area contributed by atoms with Gasteiger partial charge in [0.2, 0.25) is 0 Å². The summed E-state index contributed by atoms with van der Waals surface area (Å²) in [5.74, 6) is -2.47. The summed E-state index contributed by atoms with van der Waals surface area (Å²) in [5, 5.41) is 9.32. The van der Waals surface area contributed by atoms with Crippen molar-refractivity contribution >= 4 is 11.9 Å². The molecule has 3 atom stereocenters. The summed E-state index contributed by atoms with van der Waals surface area (Å²) >= 11 is 0. The number of hydrogen-bond acceptors (Lipinski definition) is 4. The van der Waals surface area contributed by atoms with E-state index >= 15 is 0 Å². The summed E-state index contributed by atoms with van der Waals surface area (Å²) in [6.07, 6.45) is 8.39. The highest BCUT2D eigenvalue weighted by Gasteiger charge is 2.40. The molecule has 1 aliphatic rings. The molecule has 1 N–H and O–H groups in total. The van der Waals surface area contributed by atoms with Gasteiger partial charge in [-0.1, -0.05) is 39.0 Å². The van der Waals surface area contributed by atoms with Crippen LogP contribution in [0, 0.1) is 11.8 Å². The molecule has 0 aromatic heterocycles. The Morgan fingerprint density at radius 2 is 1.70 bits per heavy atom. The fraction of sp³-hybridized carbons (Fsp3) is 0.889. The first-order valence-electron chi connectivity index (χ1n) is 9.11. The van der Waals surface area contributed by atoms with E-state index in [-0.39, 0.29) is 12.1 Å². The van der Waals surface area contributed by atoms with Crippen molar-refractivity contribution in [2.24, 2.45) is 11.8 Å². The molecule has 0 aromatic rings. The Kier molecular flexibility index (Phi) is 9.92. The number of carbonyl (C=O) groups is 2. The van der Waals surface area contributed by atoms with Crippen molar-refractivity contribution in [3.63, 3.8) is 0 Å². The molecule has 23 heavy (non-hydrogen) atoms. The minimum Gasteiger partial charge on any atom is -0.481 e. The lowest BCUT2D eigenvalue weighted by atomic mass is 9.78. The van der Waals surface area contributed by atoms with Crippen molar-refractivity contribution in [2.45, 2.75) is 77.7 Å². The number of unbranched alkanes of at least 4 members (excludes halogenated alkanes) is 5. The number of carbonyl (C=O) groups excluding carboxylic acids is 1. The van der Waals surface area contributed by atoms with Crippen LogP contribution in [-0.4, -0.2) is 36.4 Å². The van der Waals surface area contributed by atoms with Crippen LogP contribution in [0.3, 0.4) is 0 Å². The van der Waals surface area contributed by atoms with Gasteiger partial charge in [-0.3, -0.25) is 9.59 Å². The third-order valence-electron chi connectivity index (χ3n) is 4.57. The predicted octanol–water partition coefficient (Wildman–Crippen LogP) is 3.80. The van der Waals surface area contributed by atoms with Crippen molar-refractivity contribution in [3.8, 4) is 0 Å². The standard InChI is InChI=1S/C18H32O5/c1-3-5-6-7-8-9-12-23-18(21)16-13-14(22-4-2)10-11-15(16)17(19)20/h14-16H,3-13H2,1-2H3,(H,19,20). The lowest BCUT2D eigenvalue weighted by Gasteiger charge is -2.32. The third kappa shape index (κ3) is 7.34. The van der Waals surface area contributed by atoms with Crippen molar-refractivity contribution in [1.82, 2.24) is 0 Å². The van der Waals surface area contributed by atoms with E-state index in [9.17, 15) is 14.7 Å². The number of aliphatic carboxylic acids is 1. The van der Waals surface area contributed by atoms with Gasteiger partial charge < -0.3 is 14.6 Å². The summed E-state index contributed by atoms with van der Waals surface area (Å²) in [5.41, 5.74) is 0. The second-order valence-corrected chi connectivity index (χ2v) is 6.38. The van der Waals surface area contributed by atoms with Crippen molar-refractivity contribution in [2.75, 3.05) is 13.2 Å². The first kappa shape index (κ1) is 19.9. The molecule has 134 valence electrons. The summed E-state index contributed by atoms with van der Waals surface area (Å²) in [6, 6.07) is 0. The molecule has 5 nitrogen and oxygen atoms in total. The largest absolute Gasteiger partial charge is 0.481 e. The molecule has 0 amide bonds. The van der Waals surface area contributed by atoms with E-state index in [4.69, 9.17) is 9.47 Å². The molecule has 0 heterocycles. The van der Waals surface area contributed by atoms with Crippen LogP contribution in [0.25, 0.3) is 0 Å². The Balaban J connectivity index is 2.35. The molecule has 0 bridgehead atoms. The predicted molar refractivity (Wildman–Crippen MR) is 88.2 cm³/mol. The van der Waals surface area contributed by atoms with E-state index in [0.717, 1.165) is 12.8 Å². The molecule has 0 saturated heterocycles. The maximum atomic E-state index is 12.3. The van der Waals surface area contributed by atoms with Crippen LogP contribution in [0.2, 0.25) is 0 Å². The van der Waals surface area contributed by atoms with Gasteiger partial charge in [0.15, 0.2) is 0 Å². The molecular weight excluding hydrogens is 296 g/mol. The summed E-state index contributed by atoms with van der Waals surface area (Å²) < 4.78 is 10.9. The maximum absolute atomic E-state index is 12.3. The van der Waals surface area contributed by atoms with Crippen LogP contribution in [0.4, 0.5) is 0 Å². The van der Waals surface area contributed by atoms with Crippen LogP contribution in [-0.2, 0) is 19.1 Å². The smallest absolute Gasteiger partial charge is 0.309 e. The van der Waals surface area contributed by atoms with Crippen molar-refractivity contribution in [1.29, 1.82) is 0 Å². The normalized spacial score (nSPS) is 24.3. The number of carboxylic acids is 1. The Labute approximate surface area is 139 Å². The van der Waals surface area contributed by atoms with Crippen molar-refractivity contribution in [3.05, 3.63) is 0 Å². The van der Waals surface area contributed by atoms with Gasteiger partial charge in [-0.15, -0.1) is 0 Å². The SMILES string of the molecule is CCCCCCCCOC(=O)C1CC(OCC)CCC1C(=O)O. The van der Waals surface area contributed by atoms with Crippen molar-refractivity contribution < 1.29 is 24.2 Å². The van der Waals surface area contributed by atoms with Crippen LogP contribution in [0.15, 0.2) is 0 Å². The molecule has 1 saturated carbocycles. The van der Waals surface area contributed by atoms with Gasteiger partial charge in [0.1, 0.15) is 0 Å². The minimum atomic E-state index is -0.901. The van der Waals surface area contributed by atoms with Gasteiger partial charge in [-0.05, 0) is 32.6 Å². The van der Waals surface area contributed by atoms with Gasteiger partial charge >= 0.3 is 11.9 Å². The van der Waals surface area contributed by atoms with Crippen LogP contribution in [0.5, 0.6) is 0 Å². The first-order chi connectivity index (χ1) is 11.1. The van der Waals surface area contributed by atoms with Gasteiger partial charge in [-0.2, -0.15) is 0 Å². The van der Waals surface area contributed by atoms with Gasteiger partial charge in [0.25, 0.3) is 0 Å². The second-order valence-electron chi connectivity index (χ2n) is 6.38. The molecule has 0 aromatic carbocycles. The minimum absolute atomic E-state index is 0.0257. The van der Waals surface area contributed by atoms with Crippen LogP contribution in [0.1, 0.15) is 71.6 Å². The molecule has 5 heteroatoms. The van der Waals surface area contributed by atoms with Gasteiger partial charge in [0, 0.05) is 6.61 Å². The van der Waals surface area contributed by atoms with E-state index in [2.05, 4.69) is 6.92 Å². The highest BCUT2D eigenvalue weighted by atomic mass is 16.5. The molecule has 0 spiro atoms. The molecule has 0 radical (unpaired) electrons. The maximum Gasteiger partial charge on any atom is 0.309 e. The molecular formula is C18H32O5. The molecule has 1 aliphatic carbocycles. The highest BCUT2D eigenvalue weighted by molar-refractivity contribution is 5.81. The van der Waals surface area contributed by atoms with Crippen LogP contribution >= 0.6 is 0 Å². The summed E-state index contributed by atoms with van der Waals surface area (Å²) in [6.45, 7) is 5.07. The first-order valence-corrected chi connectivity index (χ1v) is 9.11. The number of ether oxygens (including phenoxy) is 2. The van der Waals surface area contributed by atoms with E-state index < -0.39 is 17.8 Å². The lowest BCUT2D eigenvalue weighted by Crippen LogP contribution is -2.39. The average Bonchev–Trinajstić information content (AvgIpc) is 2.54. The fourth-order valence-corrected chi connectivity index (χ4v) is 3.24. The quantitative estimate of drug-likeness (QED) is 0.461. The Bertz CT molecular complexity index is 355. The third-order valence-corrected chi connectivity index (χ3v) is 4.57. The highest BCUT2D eigenvalue weighted by Crippen LogP contribution is 2.33.